The number of hydrogen-bond donors (Lipinski definition) is 2. The van der Waals surface area contributed by atoms with Gasteiger partial charge in [0.1, 0.15) is 0 Å². The van der Waals surface area contributed by atoms with Crippen LogP contribution in [0.15, 0.2) is 0 Å². The number of carbonyl (C=O) groups is 2. The second-order valence-corrected chi connectivity index (χ2v) is 5.41. The van der Waals surface area contributed by atoms with Crippen molar-refractivity contribution < 1.29 is 14.7 Å². The Labute approximate surface area is 90.0 Å². The van der Waals surface area contributed by atoms with E-state index in [9.17, 15) is 9.59 Å². The third-order valence-electron chi connectivity index (χ3n) is 2.86. The van der Waals surface area contributed by atoms with Crippen LogP contribution in [0.5, 0.6) is 0 Å². The molecule has 1 aliphatic carbocycles. The molecule has 0 aromatic rings. The van der Waals surface area contributed by atoms with Crippen LogP contribution in [0.2, 0.25) is 0 Å². The number of carboxylic acids is 1. The van der Waals surface area contributed by atoms with Gasteiger partial charge in [-0.1, -0.05) is 20.8 Å². The number of amides is 1. The van der Waals surface area contributed by atoms with E-state index in [1.54, 1.807) is 0 Å². The Hall–Kier alpha value is -1.06. The van der Waals surface area contributed by atoms with Crippen molar-refractivity contribution in [1.29, 1.82) is 0 Å². The lowest BCUT2D eigenvalue weighted by molar-refractivity contribution is -0.141. The summed E-state index contributed by atoms with van der Waals surface area (Å²) in [5.74, 6) is -0.910. The van der Waals surface area contributed by atoms with Gasteiger partial charge in [-0.15, -0.1) is 0 Å². The number of hydrogen-bond acceptors (Lipinski definition) is 2. The number of aliphatic carboxylic acids is 1. The van der Waals surface area contributed by atoms with E-state index in [1.807, 2.05) is 20.8 Å². The monoisotopic (exact) mass is 213 g/mol. The summed E-state index contributed by atoms with van der Waals surface area (Å²) in [4.78, 5) is 22.4. The molecule has 0 aromatic carbocycles. The van der Waals surface area contributed by atoms with Crippen molar-refractivity contribution in [1.82, 2.24) is 5.32 Å². The Morgan fingerprint density at radius 2 is 1.87 bits per heavy atom. The topological polar surface area (TPSA) is 66.4 Å². The molecule has 1 saturated carbocycles. The summed E-state index contributed by atoms with van der Waals surface area (Å²) in [6, 6.07) is 0. The Morgan fingerprint density at radius 3 is 2.13 bits per heavy atom. The van der Waals surface area contributed by atoms with Gasteiger partial charge in [-0.2, -0.15) is 0 Å². The molecule has 0 saturated heterocycles. The average Bonchev–Trinajstić information content (AvgIpc) is 1.97. The Bertz CT molecular complexity index is 274. The van der Waals surface area contributed by atoms with Gasteiger partial charge in [-0.3, -0.25) is 9.59 Å². The molecule has 1 aliphatic rings. The average molecular weight is 213 g/mol. The SMILES string of the molecule is CC(C)(C)C(=O)NC1(CC(=O)O)CCC1. The van der Waals surface area contributed by atoms with Crippen LogP contribution in [0.3, 0.4) is 0 Å². The van der Waals surface area contributed by atoms with Crippen molar-refractivity contribution >= 4 is 11.9 Å². The second kappa shape index (κ2) is 3.83. The molecule has 0 aliphatic heterocycles. The minimum absolute atomic E-state index is 0.0365. The summed E-state index contributed by atoms with van der Waals surface area (Å²) in [5.41, 5.74) is -0.933. The van der Waals surface area contributed by atoms with E-state index in [-0.39, 0.29) is 12.3 Å². The number of carbonyl (C=O) groups excluding carboxylic acids is 1. The van der Waals surface area contributed by atoms with E-state index in [0.717, 1.165) is 19.3 Å². The van der Waals surface area contributed by atoms with E-state index in [4.69, 9.17) is 5.11 Å². The van der Waals surface area contributed by atoms with Crippen LogP contribution in [-0.4, -0.2) is 22.5 Å². The number of carboxylic acid groups (broad SMARTS) is 1. The van der Waals surface area contributed by atoms with Crippen molar-refractivity contribution in [3.63, 3.8) is 0 Å². The molecule has 0 bridgehead atoms. The quantitative estimate of drug-likeness (QED) is 0.747. The molecule has 4 heteroatoms. The Morgan fingerprint density at radius 1 is 1.33 bits per heavy atom. The fraction of sp³-hybridized carbons (Fsp3) is 0.818. The highest BCUT2D eigenvalue weighted by atomic mass is 16.4. The zero-order valence-corrected chi connectivity index (χ0v) is 9.59. The molecule has 1 rings (SSSR count). The molecule has 86 valence electrons. The third-order valence-corrected chi connectivity index (χ3v) is 2.86. The van der Waals surface area contributed by atoms with Crippen molar-refractivity contribution in [2.75, 3.05) is 0 Å². The first-order valence-electron chi connectivity index (χ1n) is 5.30. The molecule has 4 nitrogen and oxygen atoms in total. The van der Waals surface area contributed by atoms with Crippen LogP contribution in [0.1, 0.15) is 46.5 Å². The largest absolute Gasteiger partial charge is 0.481 e. The van der Waals surface area contributed by atoms with Crippen molar-refractivity contribution in [2.45, 2.75) is 52.0 Å². The molecule has 1 amide bonds. The van der Waals surface area contributed by atoms with Crippen LogP contribution in [0, 0.1) is 5.41 Å². The summed E-state index contributed by atoms with van der Waals surface area (Å²) >= 11 is 0. The molecule has 15 heavy (non-hydrogen) atoms. The molecule has 0 atom stereocenters. The molecular formula is C11H19NO3. The summed E-state index contributed by atoms with van der Waals surface area (Å²) < 4.78 is 0. The van der Waals surface area contributed by atoms with Crippen LogP contribution in [-0.2, 0) is 9.59 Å². The number of nitrogens with one attached hydrogen (secondary N) is 1. The van der Waals surface area contributed by atoms with E-state index in [0.29, 0.717) is 0 Å². The van der Waals surface area contributed by atoms with Gasteiger partial charge in [0, 0.05) is 5.41 Å². The molecule has 2 N–H and O–H groups in total. The lowest BCUT2D eigenvalue weighted by Gasteiger charge is -2.43. The summed E-state index contributed by atoms with van der Waals surface area (Å²) in [7, 11) is 0. The van der Waals surface area contributed by atoms with Crippen molar-refractivity contribution in [3.05, 3.63) is 0 Å². The highest BCUT2D eigenvalue weighted by molar-refractivity contribution is 5.83. The molecule has 0 unspecified atom stereocenters. The van der Waals surface area contributed by atoms with Gasteiger partial charge >= 0.3 is 5.97 Å². The smallest absolute Gasteiger partial charge is 0.305 e. The summed E-state index contributed by atoms with van der Waals surface area (Å²) in [5, 5.41) is 11.7. The van der Waals surface area contributed by atoms with E-state index in [2.05, 4.69) is 5.32 Å². The minimum Gasteiger partial charge on any atom is -0.481 e. The first-order chi connectivity index (χ1) is 6.75. The van der Waals surface area contributed by atoms with Gasteiger partial charge in [-0.05, 0) is 19.3 Å². The molecule has 0 heterocycles. The molecule has 0 aromatic heterocycles. The molecule has 0 radical (unpaired) electrons. The van der Waals surface area contributed by atoms with Crippen molar-refractivity contribution in [3.8, 4) is 0 Å². The maximum Gasteiger partial charge on any atom is 0.305 e. The molecule has 0 spiro atoms. The predicted molar refractivity (Wildman–Crippen MR) is 56.4 cm³/mol. The van der Waals surface area contributed by atoms with E-state index in [1.165, 1.54) is 0 Å². The van der Waals surface area contributed by atoms with Gasteiger partial charge in [0.05, 0.1) is 12.0 Å². The first-order valence-corrected chi connectivity index (χ1v) is 5.30. The minimum atomic E-state index is -0.844. The van der Waals surface area contributed by atoms with Crippen LogP contribution in [0.25, 0.3) is 0 Å². The third kappa shape index (κ3) is 2.94. The lowest BCUT2D eigenvalue weighted by Crippen LogP contribution is -2.57. The Balaban J connectivity index is 2.61. The van der Waals surface area contributed by atoms with Crippen LogP contribution < -0.4 is 5.32 Å². The Kier molecular flexibility index (Phi) is 3.07. The highest BCUT2D eigenvalue weighted by Crippen LogP contribution is 2.35. The second-order valence-electron chi connectivity index (χ2n) is 5.41. The van der Waals surface area contributed by atoms with Gasteiger partial charge in [0.15, 0.2) is 0 Å². The van der Waals surface area contributed by atoms with Gasteiger partial charge in [0.2, 0.25) is 5.91 Å². The van der Waals surface area contributed by atoms with Gasteiger partial charge in [-0.25, -0.2) is 0 Å². The molecule has 1 fully saturated rings. The predicted octanol–water partition coefficient (Wildman–Crippen LogP) is 1.55. The van der Waals surface area contributed by atoms with E-state index >= 15 is 0 Å². The van der Waals surface area contributed by atoms with Crippen molar-refractivity contribution in [2.24, 2.45) is 5.41 Å². The summed E-state index contributed by atoms with van der Waals surface area (Å²) in [6.07, 6.45) is 2.59. The molecular weight excluding hydrogens is 194 g/mol. The maximum absolute atomic E-state index is 11.8. The van der Waals surface area contributed by atoms with Gasteiger partial charge in [0.25, 0.3) is 0 Å². The first kappa shape index (κ1) is 12.0. The highest BCUT2D eigenvalue weighted by Gasteiger charge is 2.41. The van der Waals surface area contributed by atoms with E-state index < -0.39 is 16.9 Å². The van der Waals surface area contributed by atoms with Crippen LogP contribution in [0.4, 0.5) is 0 Å². The summed E-state index contributed by atoms with van der Waals surface area (Å²) in [6.45, 7) is 5.49. The number of rotatable bonds is 3. The standard InChI is InChI=1S/C11H19NO3/c1-10(2,3)9(15)12-11(5-4-6-11)7-8(13)14/h4-7H2,1-3H3,(H,12,15)(H,13,14). The normalized spacial score (nSPS) is 19.1. The fourth-order valence-electron chi connectivity index (χ4n) is 1.67. The zero-order chi connectivity index (χ0) is 11.7. The lowest BCUT2D eigenvalue weighted by atomic mass is 9.73. The maximum atomic E-state index is 11.8. The van der Waals surface area contributed by atoms with Gasteiger partial charge < -0.3 is 10.4 Å². The van der Waals surface area contributed by atoms with Crippen LogP contribution >= 0.6 is 0 Å². The fourth-order valence-corrected chi connectivity index (χ4v) is 1.67. The zero-order valence-electron chi connectivity index (χ0n) is 9.59.